The van der Waals surface area contributed by atoms with Crippen LogP contribution >= 0.6 is 0 Å². The van der Waals surface area contributed by atoms with Gasteiger partial charge in [-0.05, 0) is 30.7 Å². The molecule has 3 aromatic rings. The molecule has 8 heteroatoms. The number of methoxy groups -OCH3 is 1. The monoisotopic (exact) mass is 362 g/mol. The summed E-state index contributed by atoms with van der Waals surface area (Å²) in [6.45, 7) is 1.85. The van der Waals surface area contributed by atoms with E-state index < -0.39 is 6.04 Å². The molecule has 8 nitrogen and oxygen atoms in total. The Balaban J connectivity index is 1.76. The molecular formula is C19H18N6O2. The molecule has 0 fully saturated rings. The fourth-order valence-corrected chi connectivity index (χ4v) is 3.17. The first-order valence-electron chi connectivity index (χ1n) is 8.40. The molecule has 136 valence electrons. The summed E-state index contributed by atoms with van der Waals surface area (Å²) in [5.74, 6) is 0.918. The first-order chi connectivity index (χ1) is 13.2. The molecule has 0 aliphatic carbocycles. The number of nitrogens with one attached hydrogen (secondary N) is 2. The van der Waals surface area contributed by atoms with E-state index in [1.165, 1.54) is 6.33 Å². The Kier molecular flexibility index (Phi) is 4.29. The van der Waals surface area contributed by atoms with Crippen LogP contribution < -0.4 is 15.4 Å². The van der Waals surface area contributed by atoms with Gasteiger partial charge in [0, 0.05) is 18.1 Å². The highest BCUT2D eigenvalue weighted by Gasteiger charge is 2.33. The number of aromatic nitrogens is 4. The standard InChI is InChI=1S/C19H18N6O2/c1-12-16(18(26)24-14-7-3-4-8-15(14)27-2)17(13-6-5-9-20-10-13)25-19(23-12)21-11-22-25/h3-11,17H,1-2H3,(H,24,26)(H,21,22,23). The van der Waals surface area contributed by atoms with Crippen LogP contribution in [0.25, 0.3) is 0 Å². The number of hydrogen-bond donors (Lipinski definition) is 2. The number of benzene rings is 1. The van der Waals surface area contributed by atoms with Crippen molar-refractivity contribution in [2.45, 2.75) is 13.0 Å². The fourth-order valence-electron chi connectivity index (χ4n) is 3.17. The van der Waals surface area contributed by atoms with Gasteiger partial charge in [-0.3, -0.25) is 9.78 Å². The summed E-state index contributed by atoms with van der Waals surface area (Å²) in [4.78, 5) is 21.6. The molecule has 1 aliphatic heterocycles. The van der Waals surface area contributed by atoms with Crippen LogP contribution in [0.4, 0.5) is 11.6 Å². The minimum Gasteiger partial charge on any atom is -0.495 e. The number of hydrogen-bond acceptors (Lipinski definition) is 6. The van der Waals surface area contributed by atoms with E-state index in [0.717, 1.165) is 5.56 Å². The molecule has 27 heavy (non-hydrogen) atoms. The number of allylic oxidation sites excluding steroid dienone is 1. The van der Waals surface area contributed by atoms with Crippen molar-refractivity contribution in [2.24, 2.45) is 0 Å². The number of pyridine rings is 1. The van der Waals surface area contributed by atoms with E-state index >= 15 is 0 Å². The van der Waals surface area contributed by atoms with Gasteiger partial charge in [-0.15, -0.1) is 0 Å². The van der Waals surface area contributed by atoms with Crippen molar-refractivity contribution in [1.29, 1.82) is 0 Å². The number of nitrogens with zero attached hydrogens (tertiary/aromatic N) is 4. The lowest BCUT2D eigenvalue weighted by Crippen LogP contribution is -2.31. The average Bonchev–Trinajstić information content (AvgIpc) is 3.15. The van der Waals surface area contributed by atoms with Crippen molar-refractivity contribution >= 4 is 17.5 Å². The number of carbonyl (C=O) groups excluding carboxylic acids is 1. The minimum absolute atomic E-state index is 0.250. The van der Waals surface area contributed by atoms with Crippen molar-refractivity contribution in [3.8, 4) is 5.75 Å². The van der Waals surface area contributed by atoms with E-state index in [9.17, 15) is 4.79 Å². The van der Waals surface area contributed by atoms with Crippen molar-refractivity contribution in [3.63, 3.8) is 0 Å². The van der Waals surface area contributed by atoms with Crippen LogP contribution in [0.5, 0.6) is 5.75 Å². The predicted octanol–water partition coefficient (Wildman–Crippen LogP) is 2.61. The Bertz CT molecular complexity index is 1010. The summed E-state index contributed by atoms with van der Waals surface area (Å²) in [7, 11) is 1.57. The van der Waals surface area contributed by atoms with Crippen molar-refractivity contribution in [3.05, 3.63) is 72.0 Å². The Morgan fingerprint density at radius 3 is 2.89 bits per heavy atom. The van der Waals surface area contributed by atoms with Gasteiger partial charge in [0.2, 0.25) is 5.95 Å². The highest BCUT2D eigenvalue weighted by molar-refractivity contribution is 6.06. The molecule has 1 atom stereocenters. The normalized spacial score (nSPS) is 15.7. The van der Waals surface area contributed by atoms with Crippen LogP contribution in [0.1, 0.15) is 18.5 Å². The van der Waals surface area contributed by atoms with Gasteiger partial charge in [0.25, 0.3) is 5.91 Å². The molecular weight excluding hydrogens is 344 g/mol. The molecule has 1 unspecified atom stereocenters. The second-order valence-corrected chi connectivity index (χ2v) is 6.04. The van der Waals surface area contributed by atoms with Gasteiger partial charge in [-0.25, -0.2) is 4.68 Å². The molecule has 0 bridgehead atoms. The van der Waals surface area contributed by atoms with E-state index in [1.54, 1.807) is 36.3 Å². The van der Waals surface area contributed by atoms with Crippen LogP contribution in [0.2, 0.25) is 0 Å². The van der Waals surface area contributed by atoms with Crippen molar-refractivity contribution < 1.29 is 9.53 Å². The van der Waals surface area contributed by atoms with Crippen LogP contribution in [-0.4, -0.2) is 32.8 Å². The molecule has 0 spiro atoms. The minimum atomic E-state index is -0.438. The van der Waals surface area contributed by atoms with Crippen LogP contribution in [0, 0.1) is 0 Å². The third kappa shape index (κ3) is 3.01. The molecule has 1 aliphatic rings. The number of rotatable bonds is 4. The van der Waals surface area contributed by atoms with Gasteiger partial charge in [0.05, 0.1) is 18.4 Å². The van der Waals surface area contributed by atoms with Gasteiger partial charge in [-0.2, -0.15) is 10.1 Å². The average molecular weight is 362 g/mol. The van der Waals surface area contributed by atoms with Crippen LogP contribution in [0.15, 0.2) is 66.4 Å². The summed E-state index contributed by atoms with van der Waals surface area (Å²) >= 11 is 0. The SMILES string of the molecule is COc1ccccc1NC(=O)C1=C(C)Nc2ncnn2C1c1cccnc1. The molecule has 1 aromatic carbocycles. The number of ether oxygens (including phenoxy) is 1. The third-order valence-electron chi connectivity index (χ3n) is 4.39. The Morgan fingerprint density at radius 2 is 2.11 bits per heavy atom. The van der Waals surface area contributed by atoms with Gasteiger partial charge in [0.1, 0.15) is 18.1 Å². The summed E-state index contributed by atoms with van der Waals surface area (Å²) in [5, 5.41) is 10.4. The molecule has 0 radical (unpaired) electrons. The van der Waals surface area contributed by atoms with E-state index in [1.807, 2.05) is 31.2 Å². The van der Waals surface area contributed by atoms with Crippen LogP contribution in [0.3, 0.4) is 0 Å². The zero-order valence-corrected chi connectivity index (χ0v) is 14.9. The zero-order valence-electron chi connectivity index (χ0n) is 14.9. The number of para-hydroxylation sites is 2. The zero-order chi connectivity index (χ0) is 18.8. The molecule has 0 saturated carbocycles. The maximum Gasteiger partial charge on any atom is 0.255 e. The Labute approximate surface area is 155 Å². The van der Waals surface area contributed by atoms with E-state index in [2.05, 4.69) is 25.7 Å². The summed E-state index contributed by atoms with van der Waals surface area (Å²) in [6.07, 6.45) is 4.88. The highest BCUT2D eigenvalue weighted by atomic mass is 16.5. The van der Waals surface area contributed by atoms with Gasteiger partial charge >= 0.3 is 0 Å². The van der Waals surface area contributed by atoms with Gasteiger partial charge in [0.15, 0.2) is 0 Å². The summed E-state index contributed by atoms with van der Waals surface area (Å²) in [5.41, 5.74) is 2.68. The van der Waals surface area contributed by atoms with E-state index in [0.29, 0.717) is 28.7 Å². The second kappa shape index (κ2) is 6.91. The third-order valence-corrected chi connectivity index (χ3v) is 4.39. The van der Waals surface area contributed by atoms with E-state index in [-0.39, 0.29) is 5.91 Å². The molecule has 2 aromatic heterocycles. The highest BCUT2D eigenvalue weighted by Crippen LogP contribution is 2.35. The predicted molar refractivity (Wildman–Crippen MR) is 100 cm³/mol. The quantitative estimate of drug-likeness (QED) is 0.741. The Morgan fingerprint density at radius 1 is 1.26 bits per heavy atom. The number of carbonyl (C=O) groups is 1. The maximum absolute atomic E-state index is 13.2. The molecule has 2 N–H and O–H groups in total. The first-order valence-corrected chi connectivity index (χ1v) is 8.40. The van der Waals surface area contributed by atoms with Gasteiger partial charge in [-0.1, -0.05) is 18.2 Å². The van der Waals surface area contributed by atoms with Crippen LogP contribution in [-0.2, 0) is 4.79 Å². The summed E-state index contributed by atoms with van der Waals surface area (Å²) in [6, 6.07) is 10.6. The molecule has 1 amide bonds. The molecule has 4 rings (SSSR count). The largest absolute Gasteiger partial charge is 0.495 e. The lowest BCUT2D eigenvalue weighted by Gasteiger charge is -2.28. The summed E-state index contributed by atoms with van der Waals surface area (Å²) < 4.78 is 7.01. The second-order valence-electron chi connectivity index (χ2n) is 6.04. The lowest BCUT2D eigenvalue weighted by molar-refractivity contribution is -0.113. The number of amides is 1. The topological polar surface area (TPSA) is 94.0 Å². The van der Waals surface area contributed by atoms with Crippen molar-refractivity contribution in [1.82, 2.24) is 19.7 Å². The van der Waals surface area contributed by atoms with E-state index in [4.69, 9.17) is 4.74 Å². The Hall–Kier alpha value is -3.68. The number of fused-ring (bicyclic) bond motifs is 1. The maximum atomic E-state index is 13.2. The molecule has 3 heterocycles. The first kappa shape index (κ1) is 16.8. The van der Waals surface area contributed by atoms with Crippen molar-refractivity contribution in [2.75, 3.05) is 17.7 Å². The lowest BCUT2D eigenvalue weighted by atomic mass is 9.96. The fraction of sp³-hybridized carbons (Fsp3) is 0.158. The van der Waals surface area contributed by atoms with Gasteiger partial charge < -0.3 is 15.4 Å². The molecule has 0 saturated heterocycles. The number of anilines is 2. The smallest absolute Gasteiger partial charge is 0.255 e.